The van der Waals surface area contributed by atoms with Crippen LogP contribution in [0.2, 0.25) is 0 Å². The SMILES string of the molecule is C[C@@H](N)c1ccc(OCc2cc(C#N)ccc2F)c(F)c1. The van der Waals surface area contributed by atoms with Gasteiger partial charge in [-0.25, -0.2) is 8.78 Å². The van der Waals surface area contributed by atoms with Crippen molar-refractivity contribution in [1.82, 2.24) is 0 Å². The molecule has 0 spiro atoms. The smallest absolute Gasteiger partial charge is 0.165 e. The molecule has 1 atom stereocenters. The second kappa shape index (κ2) is 6.33. The minimum absolute atomic E-state index is 0.0150. The predicted molar refractivity (Wildman–Crippen MR) is 74.4 cm³/mol. The van der Waals surface area contributed by atoms with Crippen molar-refractivity contribution in [2.45, 2.75) is 19.6 Å². The van der Waals surface area contributed by atoms with Crippen molar-refractivity contribution < 1.29 is 13.5 Å². The average Bonchev–Trinajstić information content (AvgIpc) is 2.47. The molecule has 0 saturated carbocycles. The van der Waals surface area contributed by atoms with E-state index in [0.29, 0.717) is 11.1 Å². The Bertz CT molecular complexity index is 693. The van der Waals surface area contributed by atoms with Crippen LogP contribution in [0, 0.1) is 23.0 Å². The van der Waals surface area contributed by atoms with E-state index in [2.05, 4.69) is 0 Å². The van der Waals surface area contributed by atoms with E-state index in [1.54, 1.807) is 13.0 Å². The zero-order chi connectivity index (χ0) is 15.4. The Kier molecular flexibility index (Phi) is 4.51. The molecule has 3 nitrogen and oxygen atoms in total. The molecule has 21 heavy (non-hydrogen) atoms. The third kappa shape index (κ3) is 3.56. The van der Waals surface area contributed by atoms with Gasteiger partial charge in [-0.1, -0.05) is 6.07 Å². The van der Waals surface area contributed by atoms with Crippen molar-refractivity contribution >= 4 is 0 Å². The summed E-state index contributed by atoms with van der Waals surface area (Å²) in [5.41, 5.74) is 6.83. The normalized spacial score (nSPS) is 11.8. The van der Waals surface area contributed by atoms with Gasteiger partial charge >= 0.3 is 0 Å². The van der Waals surface area contributed by atoms with Crippen LogP contribution < -0.4 is 10.5 Å². The highest BCUT2D eigenvalue weighted by Crippen LogP contribution is 2.22. The molecule has 0 bridgehead atoms. The Morgan fingerprint density at radius 3 is 2.57 bits per heavy atom. The molecule has 0 radical (unpaired) electrons. The van der Waals surface area contributed by atoms with Crippen molar-refractivity contribution in [3.05, 3.63) is 64.7 Å². The summed E-state index contributed by atoms with van der Waals surface area (Å²) in [7, 11) is 0. The first-order valence-electron chi connectivity index (χ1n) is 6.37. The molecule has 0 fully saturated rings. The molecule has 0 saturated heterocycles. The Labute approximate surface area is 121 Å². The van der Waals surface area contributed by atoms with Gasteiger partial charge in [0.1, 0.15) is 12.4 Å². The molecular formula is C16H14F2N2O. The van der Waals surface area contributed by atoms with Crippen molar-refractivity contribution in [3.63, 3.8) is 0 Å². The lowest BCUT2D eigenvalue weighted by atomic mass is 10.1. The molecule has 2 N–H and O–H groups in total. The highest BCUT2D eigenvalue weighted by Gasteiger charge is 2.09. The number of nitrogens with zero attached hydrogens (tertiary/aromatic N) is 1. The van der Waals surface area contributed by atoms with Gasteiger partial charge in [0.2, 0.25) is 0 Å². The van der Waals surface area contributed by atoms with Gasteiger partial charge in [-0.05, 0) is 42.8 Å². The lowest BCUT2D eigenvalue weighted by Crippen LogP contribution is -2.06. The van der Waals surface area contributed by atoms with Gasteiger partial charge in [0.05, 0.1) is 11.6 Å². The van der Waals surface area contributed by atoms with Crippen LogP contribution in [0.25, 0.3) is 0 Å². The Morgan fingerprint density at radius 2 is 1.95 bits per heavy atom. The molecule has 0 aromatic heterocycles. The molecule has 0 unspecified atom stereocenters. The van der Waals surface area contributed by atoms with E-state index in [0.717, 1.165) is 0 Å². The van der Waals surface area contributed by atoms with Gasteiger partial charge < -0.3 is 10.5 Å². The number of halogens is 2. The molecule has 108 valence electrons. The summed E-state index contributed by atoms with van der Waals surface area (Å²) in [5, 5.41) is 8.78. The average molecular weight is 288 g/mol. The molecule has 2 rings (SSSR count). The fourth-order valence-corrected chi connectivity index (χ4v) is 1.83. The molecule has 5 heteroatoms. The van der Waals surface area contributed by atoms with E-state index in [9.17, 15) is 8.78 Å². The Balaban J connectivity index is 2.15. The van der Waals surface area contributed by atoms with Crippen molar-refractivity contribution in [1.29, 1.82) is 5.26 Å². The summed E-state index contributed by atoms with van der Waals surface area (Å²) in [5.74, 6) is -1.04. The number of hydrogen-bond acceptors (Lipinski definition) is 3. The number of benzene rings is 2. The predicted octanol–water partition coefficient (Wildman–Crippen LogP) is 3.44. The lowest BCUT2D eigenvalue weighted by Gasteiger charge is -2.11. The van der Waals surface area contributed by atoms with Crippen molar-refractivity contribution in [3.8, 4) is 11.8 Å². The van der Waals surface area contributed by atoms with Crippen LogP contribution in [0.3, 0.4) is 0 Å². The molecule has 0 amide bonds. The quantitative estimate of drug-likeness (QED) is 0.937. The number of nitriles is 1. The number of ether oxygens (including phenoxy) is 1. The monoisotopic (exact) mass is 288 g/mol. The third-order valence-corrected chi connectivity index (χ3v) is 3.04. The summed E-state index contributed by atoms with van der Waals surface area (Å²) >= 11 is 0. The largest absolute Gasteiger partial charge is 0.486 e. The van der Waals surface area contributed by atoms with Crippen LogP contribution in [-0.4, -0.2) is 0 Å². The summed E-state index contributed by atoms with van der Waals surface area (Å²) in [4.78, 5) is 0. The fraction of sp³-hybridized carbons (Fsp3) is 0.188. The van der Waals surface area contributed by atoms with Crippen LogP contribution in [0.1, 0.15) is 29.7 Å². The van der Waals surface area contributed by atoms with Crippen LogP contribution in [0.15, 0.2) is 36.4 Å². The van der Waals surface area contributed by atoms with Gasteiger partial charge in [0, 0.05) is 11.6 Å². The molecule has 0 aliphatic rings. The summed E-state index contributed by atoms with van der Waals surface area (Å²) in [6.07, 6.45) is 0. The Hall–Kier alpha value is -2.45. The summed E-state index contributed by atoms with van der Waals surface area (Å²) in [6.45, 7) is 1.59. The summed E-state index contributed by atoms with van der Waals surface area (Å²) in [6, 6.07) is 9.98. The minimum Gasteiger partial charge on any atom is -0.486 e. The third-order valence-electron chi connectivity index (χ3n) is 3.04. The molecule has 0 aliphatic carbocycles. The Morgan fingerprint density at radius 1 is 1.19 bits per heavy atom. The van der Waals surface area contributed by atoms with E-state index in [1.807, 2.05) is 6.07 Å². The van der Waals surface area contributed by atoms with E-state index < -0.39 is 11.6 Å². The first kappa shape index (κ1) is 14.9. The zero-order valence-corrected chi connectivity index (χ0v) is 11.4. The summed E-state index contributed by atoms with van der Waals surface area (Å²) < 4.78 is 32.7. The van der Waals surface area contributed by atoms with Gasteiger partial charge in [-0.15, -0.1) is 0 Å². The van der Waals surface area contributed by atoms with Gasteiger partial charge in [-0.3, -0.25) is 0 Å². The van der Waals surface area contributed by atoms with E-state index in [4.69, 9.17) is 15.7 Å². The van der Waals surface area contributed by atoms with E-state index in [-0.39, 0.29) is 24.0 Å². The zero-order valence-electron chi connectivity index (χ0n) is 11.4. The standard InChI is InChI=1S/C16H14F2N2O/c1-10(20)12-3-5-16(15(18)7-12)21-9-13-6-11(8-19)2-4-14(13)17/h2-7,10H,9,20H2,1H3/t10-/m1/s1. The maximum Gasteiger partial charge on any atom is 0.165 e. The second-order valence-corrected chi connectivity index (χ2v) is 4.69. The number of hydrogen-bond donors (Lipinski definition) is 1. The maximum atomic E-state index is 13.8. The maximum absolute atomic E-state index is 13.8. The van der Waals surface area contributed by atoms with Crippen molar-refractivity contribution in [2.24, 2.45) is 5.73 Å². The number of rotatable bonds is 4. The molecule has 0 heterocycles. The molecule has 2 aromatic carbocycles. The van der Waals surface area contributed by atoms with Gasteiger partial charge in [-0.2, -0.15) is 5.26 Å². The van der Waals surface area contributed by atoms with Gasteiger partial charge in [0.15, 0.2) is 11.6 Å². The van der Waals surface area contributed by atoms with E-state index in [1.165, 1.54) is 30.3 Å². The molecule has 0 aliphatic heterocycles. The van der Waals surface area contributed by atoms with Gasteiger partial charge in [0.25, 0.3) is 0 Å². The van der Waals surface area contributed by atoms with Crippen LogP contribution in [0.4, 0.5) is 8.78 Å². The van der Waals surface area contributed by atoms with Crippen LogP contribution in [-0.2, 0) is 6.61 Å². The second-order valence-electron chi connectivity index (χ2n) is 4.69. The van der Waals surface area contributed by atoms with E-state index >= 15 is 0 Å². The number of nitrogens with two attached hydrogens (primary N) is 1. The molecular weight excluding hydrogens is 274 g/mol. The topological polar surface area (TPSA) is 59.0 Å². The van der Waals surface area contributed by atoms with Crippen LogP contribution >= 0.6 is 0 Å². The highest BCUT2D eigenvalue weighted by atomic mass is 19.1. The first-order chi connectivity index (χ1) is 10.0. The van der Waals surface area contributed by atoms with Crippen LogP contribution in [0.5, 0.6) is 5.75 Å². The lowest BCUT2D eigenvalue weighted by molar-refractivity contribution is 0.284. The molecule has 2 aromatic rings. The fourth-order valence-electron chi connectivity index (χ4n) is 1.83. The highest BCUT2D eigenvalue weighted by molar-refractivity contribution is 5.34. The van der Waals surface area contributed by atoms with Crippen molar-refractivity contribution in [2.75, 3.05) is 0 Å². The first-order valence-corrected chi connectivity index (χ1v) is 6.37. The minimum atomic E-state index is -0.554.